The van der Waals surface area contributed by atoms with Crippen molar-refractivity contribution in [2.75, 3.05) is 19.7 Å². The lowest BCUT2D eigenvalue weighted by atomic mass is 9.97. The summed E-state index contributed by atoms with van der Waals surface area (Å²) in [4.78, 5) is 24.9. The topological polar surface area (TPSA) is 102 Å². The predicted molar refractivity (Wildman–Crippen MR) is 152 cm³/mol. The number of amides is 1. The van der Waals surface area contributed by atoms with E-state index in [2.05, 4.69) is 29.2 Å². The van der Waals surface area contributed by atoms with Crippen LogP contribution in [0.2, 0.25) is 0 Å². The minimum Gasteiger partial charge on any atom is -0.481 e. The zero-order valence-corrected chi connectivity index (χ0v) is 22.8. The van der Waals surface area contributed by atoms with E-state index in [-0.39, 0.29) is 31.0 Å². The molecule has 1 amide bonds. The summed E-state index contributed by atoms with van der Waals surface area (Å²) < 4.78 is 12.9. The molecule has 1 unspecified atom stereocenters. The summed E-state index contributed by atoms with van der Waals surface area (Å²) in [5, 5.41) is 8.84. The molecule has 2 aromatic carbocycles. The number of carbonyl (C=O) groups is 2. The molecule has 3 N–H and O–H groups in total. The van der Waals surface area contributed by atoms with Crippen LogP contribution in [0, 0.1) is 0 Å². The number of aliphatic carboxylic acids is 1. The lowest BCUT2D eigenvalue weighted by Gasteiger charge is -2.33. The number of likely N-dealkylation sites (tertiary alicyclic amines) is 1. The van der Waals surface area contributed by atoms with Gasteiger partial charge in [0.2, 0.25) is 5.91 Å². The van der Waals surface area contributed by atoms with Gasteiger partial charge in [0.25, 0.3) is 0 Å². The highest BCUT2D eigenvalue weighted by Crippen LogP contribution is 2.32. The minimum atomic E-state index is -0.783. The molecule has 0 spiro atoms. The highest BCUT2D eigenvalue weighted by atomic mass is 16.5. The number of ether oxygens (including phenoxy) is 2. The molecule has 4 rings (SSSR count). The number of nitrogens with zero attached hydrogens (tertiary/aromatic N) is 1. The third-order valence-corrected chi connectivity index (χ3v) is 7.79. The maximum atomic E-state index is 11.5. The van der Waals surface area contributed by atoms with E-state index >= 15 is 0 Å². The molecule has 1 aliphatic heterocycles. The van der Waals surface area contributed by atoms with Crippen molar-refractivity contribution in [2.45, 2.75) is 82.6 Å². The van der Waals surface area contributed by atoms with Crippen LogP contribution in [-0.2, 0) is 32.1 Å². The summed E-state index contributed by atoms with van der Waals surface area (Å²) in [6.07, 6.45) is 11.8. The number of carbonyl (C=O) groups excluding carboxylic acids is 1. The lowest BCUT2D eigenvalue weighted by molar-refractivity contribution is -0.136. The molecule has 1 saturated heterocycles. The second-order valence-corrected chi connectivity index (χ2v) is 10.6. The van der Waals surface area contributed by atoms with Gasteiger partial charge < -0.3 is 20.3 Å². The quantitative estimate of drug-likeness (QED) is 0.346. The van der Waals surface area contributed by atoms with Gasteiger partial charge in [0.15, 0.2) is 0 Å². The zero-order valence-electron chi connectivity index (χ0n) is 22.8. The fraction of sp³-hybridized carbons (Fsp3) is 0.500. The van der Waals surface area contributed by atoms with Crippen molar-refractivity contribution in [1.29, 1.82) is 0 Å². The summed E-state index contributed by atoms with van der Waals surface area (Å²) in [5.74, 6) is -1.12. The average Bonchev–Trinajstić information content (AvgIpc) is 3.12. The van der Waals surface area contributed by atoms with Gasteiger partial charge in [-0.3, -0.25) is 14.5 Å². The standard InChI is InChI=1S/C32H42N2O5/c33-30(35)22-26-10-5-6-11-27(26)25-15-13-24(14-16-25)23-39-29-18-17-28(34-19-7-1-2-8-20-34)32(29)38-21-9-3-4-12-31(36)37/h3,5-6,9-11,13-16,28-29,32H,1-2,4,7-8,12,17-23H2,(H2,33,35)(H,36,37)/b9-3-/t28-,29?,32+/m0/s1. The van der Waals surface area contributed by atoms with Crippen LogP contribution in [0.5, 0.6) is 0 Å². The molecule has 3 atom stereocenters. The first-order valence-corrected chi connectivity index (χ1v) is 14.3. The van der Waals surface area contributed by atoms with Crippen LogP contribution >= 0.6 is 0 Å². The van der Waals surface area contributed by atoms with Gasteiger partial charge in [0, 0.05) is 12.5 Å². The Morgan fingerprint density at radius 1 is 0.949 bits per heavy atom. The molecule has 2 aromatic rings. The highest BCUT2D eigenvalue weighted by molar-refractivity contribution is 5.80. The zero-order chi connectivity index (χ0) is 27.5. The number of carboxylic acid groups (broad SMARTS) is 1. The number of benzene rings is 2. The van der Waals surface area contributed by atoms with Crippen molar-refractivity contribution in [3.8, 4) is 11.1 Å². The molecule has 39 heavy (non-hydrogen) atoms. The van der Waals surface area contributed by atoms with Crippen LogP contribution in [0.1, 0.15) is 62.5 Å². The first kappa shape index (κ1) is 29.0. The van der Waals surface area contributed by atoms with Gasteiger partial charge >= 0.3 is 5.97 Å². The number of primary amides is 1. The van der Waals surface area contributed by atoms with Gasteiger partial charge in [0.1, 0.15) is 0 Å². The number of carboxylic acids is 1. The van der Waals surface area contributed by atoms with E-state index in [0.717, 1.165) is 48.2 Å². The molecular weight excluding hydrogens is 492 g/mol. The van der Waals surface area contributed by atoms with E-state index in [4.69, 9.17) is 20.3 Å². The van der Waals surface area contributed by atoms with Crippen LogP contribution in [0.4, 0.5) is 0 Å². The fourth-order valence-corrected chi connectivity index (χ4v) is 5.81. The molecule has 0 aromatic heterocycles. The van der Waals surface area contributed by atoms with Crippen LogP contribution in [0.3, 0.4) is 0 Å². The summed E-state index contributed by atoms with van der Waals surface area (Å²) in [6, 6.07) is 16.5. The Bertz CT molecular complexity index is 1090. The lowest BCUT2D eigenvalue weighted by Crippen LogP contribution is -2.45. The van der Waals surface area contributed by atoms with Gasteiger partial charge in [-0.25, -0.2) is 0 Å². The minimum absolute atomic E-state index is 0.00725. The van der Waals surface area contributed by atoms with E-state index in [9.17, 15) is 9.59 Å². The largest absolute Gasteiger partial charge is 0.481 e. The van der Waals surface area contributed by atoms with Crippen LogP contribution < -0.4 is 5.73 Å². The van der Waals surface area contributed by atoms with Gasteiger partial charge in [-0.2, -0.15) is 0 Å². The molecule has 0 radical (unpaired) electrons. The molecule has 1 aliphatic carbocycles. The molecule has 1 heterocycles. The van der Waals surface area contributed by atoms with Crippen LogP contribution in [-0.4, -0.2) is 59.8 Å². The number of hydrogen-bond donors (Lipinski definition) is 2. The first-order chi connectivity index (χ1) is 19.0. The molecule has 2 fully saturated rings. The molecule has 210 valence electrons. The monoisotopic (exact) mass is 534 g/mol. The summed E-state index contributed by atoms with van der Waals surface area (Å²) in [7, 11) is 0. The normalized spacial score (nSPS) is 22.2. The van der Waals surface area contributed by atoms with E-state index < -0.39 is 5.97 Å². The number of allylic oxidation sites excluding steroid dienone is 1. The Morgan fingerprint density at radius 3 is 2.41 bits per heavy atom. The third kappa shape index (κ3) is 8.75. The summed E-state index contributed by atoms with van der Waals surface area (Å²) in [6.45, 7) is 3.21. The van der Waals surface area contributed by atoms with E-state index in [1.807, 2.05) is 36.4 Å². The Kier molecular flexibility index (Phi) is 11.1. The van der Waals surface area contributed by atoms with Gasteiger partial charge in [-0.15, -0.1) is 0 Å². The van der Waals surface area contributed by atoms with E-state index in [0.29, 0.717) is 25.7 Å². The Hall–Kier alpha value is -3.00. The average molecular weight is 535 g/mol. The number of hydrogen-bond acceptors (Lipinski definition) is 5. The second-order valence-electron chi connectivity index (χ2n) is 10.6. The predicted octanol–water partition coefficient (Wildman–Crippen LogP) is 5.11. The van der Waals surface area contributed by atoms with Gasteiger partial charge in [0.05, 0.1) is 31.8 Å². The third-order valence-electron chi connectivity index (χ3n) is 7.79. The molecule has 7 nitrogen and oxygen atoms in total. The van der Waals surface area contributed by atoms with Crippen LogP contribution in [0.25, 0.3) is 11.1 Å². The van der Waals surface area contributed by atoms with Crippen molar-refractivity contribution in [1.82, 2.24) is 4.90 Å². The smallest absolute Gasteiger partial charge is 0.303 e. The Morgan fingerprint density at radius 2 is 1.69 bits per heavy atom. The second kappa shape index (κ2) is 15.0. The molecule has 0 bridgehead atoms. The maximum Gasteiger partial charge on any atom is 0.303 e. The van der Waals surface area contributed by atoms with Gasteiger partial charge in [-0.1, -0.05) is 73.5 Å². The molecule has 7 heteroatoms. The van der Waals surface area contributed by atoms with E-state index in [1.54, 1.807) is 0 Å². The Labute approximate surface area is 232 Å². The van der Waals surface area contributed by atoms with Crippen molar-refractivity contribution >= 4 is 11.9 Å². The summed E-state index contributed by atoms with van der Waals surface area (Å²) >= 11 is 0. The van der Waals surface area contributed by atoms with Crippen molar-refractivity contribution in [3.63, 3.8) is 0 Å². The molecular formula is C32H42N2O5. The van der Waals surface area contributed by atoms with E-state index in [1.165, 1.54) is 25.7 Å². The molecule has 1 saturated carbocycles. The summed E-state index contributed by atoms with van der Waals surface area (Å²) in [5.41, 5.74) is 9.53. The van der Waals surface area contributed by atoms with Crippen molar-refractivity contribution in [3.05, 3.63) is 71.8 Å². The van der Waals surface area contributed by atoms with Crippen LogP contribution in [0.15, 0.2) is 60.7 Å². The molecule has 2 aliphatic rings. The van der Waals surface area contributed by atoms with Crippen molar-refractivity contribution < 1.29 is 24.2 Å². The SMILES string of the molecule is NC(=O)Cc1ccccc1-c1ccc(COC2CC[C@H](N3CCCCCC3)[C@H]2OC/C=C\CCC(=O)O)cc1. The maximum absolute atomic E-state index is 11.5. The van der Waals surface area contributed by atoms with Crippen molar-refractivity contribution in [2.24, 2.45) is 5.73 Å². The van der Waals surface area contributed by atoms with Gasteiger partial charge in [-0.05, 0) is 67.4 Å². The highest BCUT2D eigenvalue weighted by Gasteiger charge is 2.40. The first-order valence-electron chi connectivity index (χ1n) is 14.3. The Balaban J connectivity index is 1.38. The number of rotatable bonds is 13. The number of nitrogens with two attached hydrogens (primary N) is 1. The fourth-order valence-electron chi connectivity index (χ4n) is 5.81.